The second-order valence-corrected chi connectivity index (χ2v) is 6.21. The quantitative estimate of drug-likeness (QED) is 0.787. The molecule has 25 heavy (non-hydrogen) atoms. The predicted octanol–water partition coefficient (Wildman–Crippen LogP) is 4.14. The number of piperidine rings is 1. The highest BCUT2D eigenvalue weighted by Gasteiger charge is 2.28. The Hall–Kier alpha value is -2.13. The van der Waals surface area contributed by atoms with Crippen LogP contribution in [0.5, 0.6) is 0 Å². The molecule has 0 saturated carbocycles. The molecule has 0 aromatic heterocycles. The van der Waals surface area contributed by atoms with E-state index in [4.69, 9.17) is 9.60 Å². The molecule has 2 aromatic rings. The van der Waals surface area contributed by atoms with E-state index in [-0.39, 0.29) is 5.69 Å². The van der Waals surface area contributed by atoms with Crippen LogP contribution < -0.4 is 4.90 Å². The Kier molecular flexibility index (Phi) is 3.80. The summed E-state index contributed by atoms with van der Waals surface area (Å²) in [6, 6.07) is 7.12. The smallest absolute Gasteiger partial charge is 0.226 e. The van der Waals surface area contributed by atoms with E-state index in [1.807, 2.05) is 18.2 Å². The number of hydrogen-bond donors (Lipinski definition) is 0. The van der Waals surface area contributed by atoms with Crippen molar-refractivity contribution in [2.75, 3.05) is 24.5 Å². The molecule has 0 atom stereocenters. The molecule has 0 spiro atoms. The van der Waals surface area contributed by atoms with Crippen molar-refractivity contribution in [1.82, 2.24) is 4.90 Å². The molecule has 0 bridgehead atoms. The molecule has 0 aliphatic carbocycles. The fourth-order valence-corrected chi connectivity index (χ4v) is 3.27. The van der Waals surface area contributed by atoms with Crippen molar-refractivity contribution in [3.8, 4) is 0 Å². The predicted molar refractivity (Wildman–Crippen MR) is 104 cm³/mol. The van der Waals surface area contributed by atoms with E-state index in [0.717, 1.165) is 24.8 Å². The van der Waals surface area contributed by atoms with Gasteiger partial charge in [0.1, 0.15) is 0 Å². The number of para-hydroxylation sites is 1. The standard InChI is InChI=1S/C22H28N2O/c1-2-22(25)24(20-11-7-4-8-12-20)21-14-17-23(18-15-21)16-13-19-9-5-3-6-10-19/h3-12,21H,2,13-18H2,1H3/i2D2,4D,7D,8D,11D,12D. The Morgan fingerprint density at radius 2 is 1.88 bits per heavy atom. The summed E-state index contributed by atoms with van der Waals surface area (Å²) >= 11 is 0. The molecular weight excluding hydrogens is 308 g/mol. The van der Waals surface area contributed by atoms with Gasteiger partial charge in [-0.25, -0.2) is 0 Å². The van der Waals surface area contributed by atoms with Gasteiger partial charge in [0.2, 0.25) is 5.91 Å². The van der Waals surface area contributed by atoms with E-state index in [0.29, 0.717) is 25.9 Å². The number of anilines is 1. The summed E-state index contributed by atoms with van der Waals surface area (Å²) in [6.45, 7) is 3.33. The number of hydrogen-bond acceptors (Lipinski definition) is 2. The van der Waals surface area contributed by atoms with Gasteiger partial charge in [0.05, 0.1) is 6.85 Å². The lowest BCUT2D eigenvalue weighted by atomic mass is 10.0. The molecule has 1 fully saturated rings. The van der Waals surface area contributed by atoms with Crippen molar-refractivity contribution in [1.29, 1.82) is 0 Å². The third kappa shape index (κ3) is 4.70. The molecule has 1 aliphatic rings. The van der Waals surface area contributed by atoms with Crippen LogP contribution in [0.1, 0.15) is 41.3 Å². The minimum absolute atomic E-state index is 0.241. The first kappa shape index (κ1) is 10.8. The summed E-state index contributed by atoms with van der Waals surface area (Å²) in [5.41, 5.74) is 0.999. The Bertz CT molecular complexity index is 941. The van der Waals surface area contributed by atoms with Gasteiger partial charge in [-0.2, -0.15) is 0 Å². The SMILES string of the molecule is [2H]c1c([2H])c([2H])c(N(C(=O)C([2H])([2H])C)C2CCN(CCc3ccccc3)CC2)c([2H])c1[2H]. The second kappa shape index (κ2) is 8.82. The van der Waals surface area contributed by atoms with E-state index in [2.05, 4.69) is 17.0 Å². The van der Waals surface area contributed by atoms with Crippen LogP contribution in [0.25, 0.3) is 0 Å². The van der Waals surface area contributed by atoms with Crippen molar-refractivity contribution in [2.45, 2.75) is 38.6 Å². The van der Waals surface area contributed by atoms with Crippen LogP contribution >= 0.6 is 0 Å². The van der Waals surface area contributed by atoms with Crippen molar-refractivity contribution < 1.29 is 14.4 Å². The van der Waals surface area contributed by atoms with Crippen molar-refractivity contribution >= 4 is 11.6 Å². The van der Waals surface area contributed by atoms with Gasteiger partial charge in [-0.15, -0.1) is 0 Å². The number of carbonyl (C=O) groups is 1. The zero-order chi connectivity index (χ0) is 23.6. The van der Waals surface area contributed by atoms with E-state index < -0.39 is 48.5 Å². The Morgan fingerprint density at radius 1 is 1.20 bits per heavy atom. The molecule has 2 aromatic carbocycles. The maximum atomic E-state index is 13.1. The van der Waals surface area contributed by atoms with Gasteiger partial charge in [-0.05, 0) is 36.9 Å². The molecule has 1 amide bonds. The van der Waals surface area contributed by atoms with E-state index in [1.54, 1.807) is 0 Å². The van der Waals surface area contributed by atoms with Crippen LogP contribution in [0.15, 0.2) is 60.5 Å². The normalized spacial score (nSPS) is 20.4. The zero-order valence-electron chi connectivity index (χ0n) is 21.5. The maximum Gasteiger partial charge on any atom is 0.226 e. The highest BCUT2D eigenvalue weighted by molar-refractivity contribution is 5.93. The zero-order valence-corrected chi connectivity index (χ0v) is 14.5. The highest BCUT2D eigenvalue weighted by Crippen LogP contribution is 2.24. The summed E-state index contributed by atoms with van der Waals surface area (Å²) in [4.78, 5) is 16.5. The number of amides is 1. The molecule has 0 radical (unpaired) electrons. The lowest BCUT2D eigenvalue weighted by Crippen LogP contribution is -2.47. The van der Waals surface area contributed by atoms with Crippen LogP contribution in [-0.2, 0) is 11.2 Å². The van der Waals surface area contributed by atoms with Gasteiger partial charge >= 0.3 is 0 Å². The van der Waals surface area contributed by atoms with Crippen LogP contribution in [0, 0.1) is 0 Å². The molecule has 3 heteroatoms. The van der Waals surface area contributed by atoms with Gasteiger partial charge in [-0.1, -0.05) is 55.4 Å². The topological polar surface area (TPSA) is 23.6 Å². The largest absolute Gasteiger partial charge is 0.309 e. The lowest BCUT2D eigenvalue weighted by Gasteiger charge is -2.38. The third-order valence-corrected chi connectivity index (χ3v) is 4.64. The van der Waals surface area contributed by atoms with E-state index >= 15 is 0 Å². The van der Waals surface area contributed by atoms with Gasteiger partial charge in [0.15, 0.2) is 0 Å². The minimum atomic E-state index is -2.24. The minimum Gasteiger partial charge on any atom is -0.309 e. The van der Waals surface area contributed by atoms with Gasteiger partial charge in [0, 0.05) is 40.5 Å². The lowest BCUT2D eigenvalue weighted by molar-refractivity contribution is -0.119. The first-order chi connectivity index (χ1) is 15.0. The number of rotatable bonds is 6. The van der Waals surface area contributed by atoms with Crippen molar-refractivity contribution in [2.24, 2.45) is 0 Å². The highest BCUT2D eigenvalue weighted by atomic mass is 16.2. The number of likely N-dealkylation sites (tertiary alicyclic amines) is 1. The van der Waals surface area contributed by atoms with Gasteiger partial charge < -0.3 is 9.80 Å². The number of benzene rings is 2. The van der Waals surface area contributed by atoms with Gasteiger partial charge in [-0.3, -0.25) is 4.79 Å². The number of nitrogens with zero attached hydrogens (tertiary/aromatic N) is 2. The van der Waals surface area contributed by atoms with E-state index in [9.17, 15) is 4.79 Å². The fourth-order valence-electron chi connectivity index (χ4n) is 3.27. The Morgan fingerprint density at radius 3 is 2.52 bits per heavy atom. The van der Waals surface area contributed by atoms with Gasteiger partial charge in [0.25, 0.3) is 0 Å². The third-order valence-electron chi connectivity index (χ3n) is 4.64. The molecule has 132 valence electrons. The Labute approximate surface area is 161 Å². The van der Waals surface area contributed by atoms with Crippen LogP contribution in [0.3, 0.4) is 0 Å². The van der Waals surface area contributed by atoms with Crippen molar-refractivity contribution in [3.63, 3.8) is 0 Å². The summed E-state index contributed by atoms with van der Waals surface area (Å²) in [5, 5.41) is 0. The molecule has 1 aliphatic heterocycles. The Balaban J connectivity index is 1.84. The molecule has 1 saturated heterocycles. The first-order valence-electron chi connectivity index (χ1n) is 12.2. The fraction of sp³-hybridized carbons (Fsp3) is 0.409. The number of carbonyl (C=O) groups excluding carboxylic acids is 1. The van der Waals surface area contributed by atoms with Crippen LogP contribution in [-0.4, -0.2) is 36.5 Å². The van der Waals surface area contributed by atoms with Crippen LogP contribution in [0.4, 0.5) is 5.69 Å². The first-order valence-corrected chi connectivity index (χ1v) is 8.69. The molecule has 1 heterocycles. The monoisotopic (exact) mass is 343 g/mol. The summed E-state index contributed by atoms with van der Waals surface area (Å²) in [7, 11) is 0. The van der Waals surface area contributed by atoms with E-state index in [1.165, 1.54) is 5.56 Å². The molecular formula is C22H28N2O. The summed E-state index contributed by atoms with van der Waals surface area (Å²) in [6.07, 6.45) is -0.292. The average molecular weight is 344 g/mol. The second-order valence-electron chi connectivity index (χ2n) is 6.21. The van der Waals surface area contributed by atoms with Crippen LogP contribution in [0.2, 0.25) is 0 Å². The maximum absolute atomic E-state index is 13.1. The molecule has 0 unspecified atom stereocenters. The van der Waals surface area contributed by atoms with Crippen molar-refractivity contribution in [3.05, 3.63) is 66.1 Å². The average Bonchev–Trinajstić information content (AvgIpc) is 2.78. The molecule has 0 N–H and O–H groups in total. The summed E-state index contributed by atoms with van der Waals surface area (Å²) in [5.74, 6) is -0.890. The molecule has 3 rings (SSSR count). The molecule has 3 nitrogen and oxygen atoms in total. The summed E-state index contributed by atoms with van der Waals surface area (Å²) < 4.78 is 56.2.